The molecule has 0 aliphatic rings. The number of rotatable bonds is 10. The second-order valence-electron chi connectivity index (χ2n) is 8.82. The van der Waals surface area contributed by atoms with Gasteiger partial charge in [-0.05, 0) is 61.4 Å². The van der Waals surface area contributed by atoms with Crippen molar-refractivity contribution in [3.8, 4) is 5.75 Å². The molecule has 7 heteroatoms. The van der Waals surface area contributed by atoms with Gasteiger partial charge in [-0.1, -0.05) is 72.8 Å². The first kappa shape index (κ1) is 26.0. The van der Waals surface area contributed by atoms with E-state index < -0.39 is 10.0 Å². The first-order chi connectivity index (χ1) is 17.8. The number of benzene rings is 4. The van der Waals surface area contributed by atoms with Crippen LogP contribution in [0.4, 0.5) is 5.69 Å². The lowest BCUT2D eigenvalue weighted by Crippen LogP contribution is -2.33. The van der Waals surface area contributed by atoms with Gasteiger partial charge >= 0.3 is 0 Å². The Morgan fingerprint density at radius 2 is 1.38 bits per heavy atom. The van der Waals surface area contributed by atoms with Crippen molar-refractivity contribution in [2.24, 2.45) is 0 Å². The molecule has 4 rings (SSSR count). The molecule has 0 spiro atoms. The Bertz CT molecular complexity index is 1420. The lowest BCUT2D eigenvalue weighted by molar-refractivity contribution is 0.0951. The van der Waals surface area contributed by atoms with Gasteiger partial charge in [0.2, 0.25) is 0 Å². The number of nitrogens with zero attached hydrogens (tertiary/aromatic N) is 1. The summed E-state index contributed by atoms with van der Waals surface area (Å²) in [7, 11) is -3.95. The summed E-state index contributed by atoms with van der Waals surface area (Å²) in [5.74, 6) is 0.400. The fraction of sp³-hybridized carbons (Fsp3) is 0.167. The molecule has 190 valence electrons. The molecule has 0 atom stereocenters. The molecule has 0 aromatic heterocycles. The standard InChI is InChI=1S/C30H30N2O4S/c1-23(2)36-26-19-17-24(18-20-26)21-31-30(33)28-15-9-10-16-29(28)32(22-25-11-5-3-6-12-25)37(34,35)27-13-7-4-8-14-27/h3-20,23H,21-22H2,1-2H3,(H,31,33). The van der Waals surface area contributed by atoms with Crippen molar-refractivity contribution < 1.29 is 17.9 Å². The molecular formula is C30H30N2O4S. The second kappa shape index (κ2) is 11.8. The van der Waals surface area contributed by atoms with Gasteiger partial charge in [-0.15, -0.1) is 0 Å². The van der Waals surface area contributed by atoms with Crippen LogP contribution in [0.3, 0.4) is 0 Å². The Kier molecular flexibility index (Phi) is 8.25. The summed E-state index contributed by atoms with van der Waals surface area (Å²) in [5, 5.41) is 2.92. The molecule has 0 bridgehead atoms. The lowest BCUT2D eigenvalue weighted by Gasteiger charge is -2.26. The highest BCUT2D eigenvalue weighted by molar-refractivity contribution is 7.92. The van der Waals surface area contributed by atoms with E-state index in [1.807, 2.05) is 68.4 Å². The fourth-order valence-corrected chi connectivity index (χ4v) is 5.38. The Morgan fingerprint density at radius 3 is 2.03 bits per heavy atom. The zero-order valence-corrected chi connectivity index (χ0v) is 21.7. The third kappa shape index (κ3) is 6.57. The zero-order valence-electron chi connectivity index (χ0n) is 20.9. The van der Waals surface area contributed by atoms with Crippen LogP contribution < -0.4 is 14.4 Å². The molecule has 1 amide bonds. The van der Waals surface area contributed by atoms with E-state index in [0.717, 1.165) is 16.9 Å². The molecule has 0 saturated carbocycles. The summed E-state index contributed by atoms with van der Waals surface area (Å²) in [5.41, 5.74) is 2.30. The van der Waals surface area contributed by atoms with E-state index in [-0.39, 0.29) is 29.0 Å². The van der Waals surface area contributed by atoms with Crippen LogP contribution in [0.1, 0.15) is 35.3 Å². The van der Waals surface area contributed by atoms with Crippen LogP contribution in [0.15, 0.2) is 114 Å². The summed E-state index contributed by atoms with van der Waals surface area (Å²) in [6.45, 7) is 4.30. The Morgan fingerprint density at radius 1 is 0.784 bits per heavy atom. The SMILES string of the molecule is CC(C)Oc1ccc(CNC(=O)c2ccccc2N(Cc2ccccc2)S(=O)(=O)c2ccccc2)cc1. The lowest BCUT2D eigenvalue weighted by atomic mass is 10.1. The van der Waals surface area contributed by atoms with Crippen LogP contribution in [0.25, 0.3) is 0 Å². The normalized spacial score (nSPS) is 11.2. The van der Waals surface area contributed by atoms with Crippen molar-refractivity contribution in [3.05, 3.63) is 126 Å². The molecule has 4 aromatic rings. The molecule has 0 saturated heterocycles. The second-order valence-corrected chi connectivity index (χ2v) is 10.7. The topological polar surface area (TPSA) is 75.7 Å². The molecule has 0 fully saturated rings. The van der Waals surface area contributed by atoms with E-state index in [2.05, 4.69) is 5.32 Å². The molecule has 6 nitrogen and oxygen atoms in total. The molecule has 4 aromatic carbocycles. The summed E-state index contributed by atoms with van der Waals surface area (Å²) in [4.78, 5) is 13.5. The van der Waals surface area contributed by atoms with Gasteiger partial charge < -0.3 is 10.1 Å². The molecule has 0 aliphatic carbocycles. The third-order valence-electron chi connectivity index (χ3n) is 5.67. The number of ether oxygens (including phenoxy) is 1. The Labute approximate surface area is 218 Å². The minimum atomic E-state index is -3.95. The van der Waals surface area contributed by atoms with Crippen LogP contribution in [0.2, 0.25) is 0 Å². The highest BCUT2D eigenvalue weighted by Gasteiger charge is 2.28. The van der Waals surface area contributed by atoms with Crippen molar-refractivity contribution in [2.75, 3.05) is 4.31 Å². The summed E-state index contributed by atoms with van der Waals surface area (Å²) in [6.07, 6.45) is 0.0769. The zero-order chi connectivity index (χ0) is 26.3. The van der Waals surface area contributed by atoms with Crippen molar-refractivity contribution in [2.45, 2.75) is 37.9 Å². The van der Waals surface area contributed by atoms with Crippen LogP contribution in [0.5, 0.6) is 5.75 Å². The van der Waals surface area contributed by atoms with Gasteiger partial charge in [0.25, 0.3) is 15.9 Å². The fourth-order valence-electron chi connectivity index (χ4n) is 3.89. The number of para-hydroxylation sites is 1. The predicted molar refractivity (Wildman–Crippen MR) is 146 cm³/mol. The first-order valence-electron chi connectivity index (χ1n) is 12.1. The number of carbonyl (C=O) groups excluding carboxylic acids is 1. The van der Waals surface area contributed by atoms with Gasteiger partial charge in [0.05, 0.1) is 28.8 Å². The summed E-state index contributed by atoms with van der Waals surface area (Å²) < 4.78 is 34.5. The number of anilines is 1. The average Bonchev–Trinajstić information content (AvgIpc) is 2.92. The van der Waals surface area contributed by atoms with E-state index in [9.17, 15) is 13.2 Å². The van der Waals surface area contributed by atoms with Crippen molar-refractivity contribution in [1.82, 2.24) is 5.32 Å². The molecule has 0 radical (unpaired) electrons. The molecule has 37 heavy (non-hydrogen) atoms. The first-order valence-corrected chi connectivity index (χ1v) is 13.5. The Balaban J connectivity index is 1.63. The maximum atomic E-state index is 13.8. The maximum absolute atomic E-state index is 13.8. The molecule has 1 N–H and O–H groups in total. The average molecular weight is 515 g/mol. The monoisotopic (exact) mass is 514 g/mol. The van der Waals surface area contributed by atoms with Crippen LogP contribution in [0, 0.1) is 0 Å². The number of sulfonamides is 1. The minimum Gasteiger partial charge on any atom is -0.491 e. The van der Waals surface area contributed by atoms with Crippen molar-refractivity contribution >= 4 is 21.6 Å². The van der Waals surface area contributed by atoms with Gasteiger partial charge in [0, 0.05) is 6.54 Å². The highest BCUT2D eigenvalue weighted by atomic mass is 32.2. The Hall–Kier alpha value is -4.10. The summed E-state index contributed by atoms with van der Waals surface area (Å²) >= 11 is 0. The van der Waals surface area contributed by atoms with Gasteiger partial charge in [-0.3, -0.25) is 9.10 Å². The third-order valence-corrected chi connectivity index (χ3v) is 7.44. The van der Waals surface area contributed by atoms with Gasteiger partial charge in [-0.25, -0.2) is 8.42 Å². The van der Waals surface area contributed by atoms with E-state index in [0.29, 0.717) is 12.2 Å². The van der Waals surface area contributed by atoms with E-state index in [1.54, 1.807) is 54.6 Å². The van der Waals surface area contributed by atoms with Crippen LogP contribution >= 0.6 is 0 Å². The van der Waals surface area contributed by atoms with Crippen molar-refractivity contribution in [3.63, 3.8) is 0 Å². The quantitative estimate of drug-likeness (QED) is 0.290. The van der Waals surface area contributed by atoms with Crippen LogP contribution in [-0.4, -0.2) is 20.4 Å². The van der Waals surface area contributed by atoms with E-state index >= 15 is 0 Å². The van der Waals surface area contributed by atoms with Crippen molar-refractivity contribution in [1.29, 1.82) is 0 Å². The molecule has 0 heterocycles. The molecule has 0 unspecified atom stereocenters. The number of carbonyl (C=O) groups is 1. The maximum Gasteiger partial charge on any atom is 0.264 e. The number of hydrogen-bond acceptors (Lipinski definition) is 4. The predicted octanol–water partition coefficient (Wildman–Crippen LogP) is 5.80. The van der Waals surface area contributed by atoms with Gasteiger partial charge in [0.1, 0.15) is 5.75 Å². The van der Waals surface area contributed by atoms with E-state index in [1.165, 1.54) is 4.31 Å². The smallest absolute Gasteiger partial charge is 0.264 e. The summed E-state index contributed by atoms with van der Waals surface area (Å²) in [6, 6.07) is 31.9. The van der Waals surface area contributed by atoms with Gasteiger partial charge in [-0.2, -0.15) is 0 Å². The number of hydrogen-bond donors (Lipinski definition) is 1. The minimum absolute atomic E-state index is 0.0769. The van der Waals surface area contributed by atoms with Crippen LogP contribution in [-0.2, 0) is 23.1 Å². The largest absolute Gasteiger partial charge is 0.491 e. The highest BCUT2D eigenvalue weighted by Crippen LogP contribution is 2.29. The number of amides is 1. The van der Waals surface area contributed by atoms with E-state index in [4.69, 9.17) is 4.74 Å². The van der Waals surface area contributed by atoms with Gasteiger partial charge in [0.15, 0.2) is 0 Å². The molecular weight excluding hydrogens is 484 g/mol. The number of nitrogens with one attached hydrogen (secondary N) is 1. The molecule has 0 aliphatic heterocycles.